The van der Waals surface area contributed by atoms with Gasteiger partial charge in [-0.3, -0.25) is 20.0 Å². The fourth-order valence-electron chi connectivity index (χ4n) is 4.91. The summed E-state index contributed by atoms with van der Waals surface area (Å²) in [5.74, 6) is -0.167. The first kappa shape index (κ1) is 24.8. The number of fused-ring (bicyclic) bond motifs is 1. The Morgan fingerprint density at radius 2 is 1.97 bits per heavy atom. The fraction of sp³-hybridized carbons (Fsp3) is 0.167. The Balaban J connectivity index is 1.18. The quantitative estimate of drug-likeness (QED) is 0.358. The average Bonchev–Trinajstić information content (AvgIpc) is 3.65. The second-order valence-electron chi connectivity index (χ2n) is 9.34. The van der Waals surface area contributed by atoms with Gasteiger partial charge in [0.15, 0.2) is 6.61 Å². The summed E-state index contributed by atoms with van der Waals surface area (Å²) in [6.45, 7) is 0.810. The van der Waals surface area contributed by atoms with E-state index in [2.05, 4.69) is 10.4 Å². The molecule has 2 aromatic heterocycles. The fourth-order valence-corrected chi connectivity index (χ4v) is 5.61. The Labute approximate surface area is 229 Å². The number of hydrazine groups is 1. The molecule has 0 unspecified atom stereocenters. The van der Waals surface area contributed by atoms with Crippen LogP contribution in [0.25, 0.3) is 5.70 Å². The largest absolute Gasteiger partial charge is 0.483 e. The molecule has 196 valence electrons. The van der Waals surface area contributed by atoms with Crippen LogP contribution in [0.3, 0.4) is 0 Å². The summed E-state index contributed by atoms with van der Waals surface area (Å²) in [5, 5.41) is 3.48. The molecule has 2 aliphatic heterocycles. The monoisotopic (exact) mass is 540 g/mol. The number of aromatic nitrogens is 1. The lowest BCUT2D eigenvalue weighted by Crippen LogP contribution is -2.42. The van der Waals surface area contributed by atoms with E-state index in [0.29, 0.717) is 30.8 Å². The number of carbonyl (C=O) groups is 2. The number of hydrogen-bond donors (Lipinski definition) is 1. The number of nitrogens with one attached hydrogen (secondary N) is 1. The van der Waals surface area contributed by atoms with Gasteiger partial charge in [0.2, 0.25) is 0 Å². The van der Waals surface area contributed by atoms with Crippen molar-refractivity contribution in [1.29, 1.82) is 0 Å². The van der Waals surface area contributed by atoms with E-state index in [9.17, 15) is 14.0 Å². The molecule has 2 amide bonds. The predicted octanol–water partition coefficient (Wildman–Crippen LogP) is 4.99. The maximum Gasteiger partial charge on any atom is 0.279 e. The van der Waals surface area contributed by atoms with Gasteiger partial charge in [0.1, 0.15) is 11.6 Å². The second-order valence-corrected chi connectivity index (χ2v) is 10.3. The highest BCUT2D eigenvalue weighted by Crippen LogP contribution is 2.34. The molecular weight excluding hydrogens is 515 g/mol. The number of benzene rings is 2. The number of nitrogens with zero attached hydrogens (tertiary/aromatic N) is 3. The highest BCUT2D eigenvalue weighted by atomic mass is 32.1. The minimum Gasteiger partial charge on any atom is -0.483 e. The van der Waals surface area contributed by atoms with Crippen molar-refractivity contribution in [2.75, 3.05) is 13.2 Å². The van der Waals surface area contributed by atoms with Gasteiger partial charge < -0.3 is 9.64 Å². The molecule has 1 atom stereocenters. The smallest absolute Gasteiger partial charge is 0.279 e. The van der Waals surface area contributed by atoms with Gasteiger partial charge in [-0.2, -0.15) is 0 Å². The molecule has 0 fully saturated rings. The van der Waals surface area contributed by atoms with Crippen LogP contribution in [0.5, 0.6) is 5.75 Å². The van der Waals surface area contributed by atoms with Crippen LogP contribution in [0.1, 0.15) is 38.0 Å². The zero-order valence-corrected chi connectivity index (χ0v) is 21.7. The van der Waals surface area contributed by atoms with Crippen LogP contribution >= 0.6 is 11.3 Å². The molecule has 2 aromatic carbocycles. The lowest BCUT2D eigenvalue weighted by molar-refractivity contribution is -0.136. The molecule has 1 N–H and O–H groups in total. The van der Waals surface area contributed by atoms with Crippen LogP contribution in [-0.2, 0) is 17.8 Å². The molecule has 0 aliphatic carbocycles. The predicted molar refractivity (Wildman–Crippen MR) is 146 cm³/mol. The molecule has 6 rings (SSSR count). The number of carbonyl (C=O) groups excluding carboxylic acids is 2. The van der Waals surface area contributed by atoms with Crippen LogP contribution in [-0.4, -0.2) is 39.9 Å². The Hall–Kier alpha value is -4.50. The van der Waals surface area contributed by atoms with Gasteiger partial charge >= 0.3 is 0 Å². The van der Waals surface area contributed by atoms with Crippen molar-refractivity contribution in [2.24, 2.45) is 0 Å². The van der Waals surface area contributed by atoms with Crippen molar-refractivity contribution in [3.05, 3.63) is 124 Å². The van der Waals surface area contributed by atoms with Crippen LogP contribution in [0.2, 0.25) is 0 Å². The maximum absolute atomic E-state index is 13.6. The van der Waals surface area contributed by atoms with Gasteiger partial charge in [-0.05, 0) is 65.4 Å². The number of halogens is 1. The van der Waals surface area contributed by atoms with E-state index >= 15 is 0 Å². The van der Waals surface area contributed by atoms with Gasteiger partial charge in [-0.25, -0.2) is 9.40 Å². The molecule has 0 spiro atoms. The van der Waals surface area contributed by atoms with E-state index in [-0.39, 0.29) is 24.2 Å². The average molecular weight is 541 g/mol. The number of amides is 2. The van der Waals surface area contributed by atoms with E-state index in [1.165, 1.54) is 17.1 Å². The first-order valence-corrected chi connectivity index (χ1v) is 13.5. The molecular formula is C30H25FN4O3S. The molecule has 7 nitrogen and oxygen atoms in total. The van der Waals surface area contributed by atoms with Crippen LogP contribution in [0, 0.1) is 5.82 Å². The van der Waals surface area contributed by atoms with Crippen LogP contribution < -0.4 is 10.2 Å². The third-order valence-corrected chi connectivity index (χ3v) is 7.74. The Morgan fingerprint density at radius 1 is 1.10 bits per heavy atom. The number of pyridine rings is 1. The zero-order valence-electron chi connectivity index (χ0n) is 20.9. The van der Waals surface area contributed by atoms with Crippen molar-refractivity contribution >= 4 is 28.8 Å². The summed E-state index contributed by atoms with van der Waals surface area (Å²) in [5.41, 5.74) is 7.15. The van der Waals surface area contributed by atoms with E-state index in [4.69, 9.17) is 4.74 Å². The van der Waals surface area contributed by atoms with Gasteiger partial charge in [0.05, 0.1) is 16.6 Å². The molecule has 2 aliphatic rings. The Bertz CT molecular complexity index is 1520. The third-order valence-electron chi connectivity index (χ3n) is 6.84. The molecule has 0 saturated heterocycles. The number of ether oxygens (including phenoxy) is 1. The first-order valence-electron chi connectivity index (χ1n) is 12.6. The Kier molecular flexibility index (Phi) is 6.81. The van der Waals surface area contributed by atoms with E-state index < -0.39 is 6.04 Å². The van der Waals surface area contributed by atoms with Gasteiger partial charge in [0.25, 0.3) is 11.8 Å². The molecule has 9 heteroatoms. The van der Waals surface area contributed by atoms with Gasteiger partial charge in [0, 0.05) is 36.6 Å². The summed E-state index contributed by atoms with van der Waals surface area (Å²) < 4.78 is 19.6. The number of hydrogen-bond acceptors (Lipinski definition) is 6. The number of thiophene rings is 1. The second kappa shape index (κ2) is 10.7. The Morgan fingerprint density at radius 3 is 2.74 bits per heavy atom. The summed E-state index contributed by atoms with van der Waals surface area (Å²) in [4.78, 5) is 33.6. The summed E-state index contributed by atoms with van der Waals surface area (Å²) >= 11 is 1.56. The van der Waals surface area contributed by atoms with E-state index in [1.54, 1.807) is 59.0 Å². The molecule has 0 bridgehead atoms. The summed E-state index contributed by atoms with van der Waals surface area (Å²) in [6, 6.07) is 18.8. The van der Waals surface area contributed by atoms with Crippen molar-refractivity contribution < 1.29 is 18.7 Å². The highest BCUT2D eigenvalue weighted by molar-refractivity contribution is 7.11. The first-order chi connectivity index (χ1) is 19.1. The van der Waals surface area contributed by atoms with Gasteiger partial charge in [-0.1, -0.05) is 30.3 Å². The summed E-state index contributed by atoms with van der Waals surface area (Å²) in [6.07, 6.45) is 6.05. The van der Waals surface area contributed by atoms with Crippen molar-refractivity contribution in [3.63, 3.8) is 0 Å². The highest BCUT2D eigenvalue weighted by Gasteiger charge is 2.32. The molecule has 0 radical (unpaired) electrons. The standard InChI is InChI=1S/C30H25FN4O3S/c31-22-10-8-21(9-11-22)26-16-25(28-7-3-15-39-28)33-35(26)29(36)19-38-27-6-1-5-24-23(27)12-14-34(30(24)37)18-20-4-2-13-32-17-20/h1-11,13,15-17,26,33H,12,14,18-19H2/t26-/m1/s1. The van der Waals surface area contributed by atoms with E-state index in [1.807, 2.05) is 35.7 Å². The lowest BCUT2D eigenvalue weighted by atomic mass is 9.97. The van der Waals surface area contributed by atoms with Crippen molar-refractivity contribution in [2.45, 2.75) is 19.0 Å². The SMILES string of the molecule is O=C1c2cccc(OCC(=O)N3NC(c4cccs4)=C[C@@H]3c3ccc(F)cc3)c2CCN1Cc1cccnc1. The normalized spacial score (nSPS) is 16.5. The molecule has 4 aromatic rings. The van der Waals surface area contributed by atoms with E-state index in [0.717, 1.165) is 27.3 Å². The maximum atomic E-state index is 13.6. The van der Waals surface area contributed by atoms with Crippen molar-refractivity contribution in [3.8, 4) is 5.75 Å². The lowest BCUT2D eigenvalue weighted by Gasteiger charge is -2.30. The molecule has 4 heterocycles. The minimum atomic E-state index is -0.425. The van der Waals surface area contributed by atoms with Crippen LogP contribution in [0.4, 0.5) is 4.39 Å². The molecule has 0 saturated carbocycles. The third kappa shape index (κ3) is 5.13. The summed E-state index contributed by atoms with van der Waals surface area (Å²) in [7, 11) is 0. The van der Waals surface area contributed by atoms with Gasteiger partial charge in [-0.15, -0.1) is 11.3 Å². The zero-order chi connectivity index (χ0) is 26.8. The minimum absolute atomic E-state index is 0.0701. The topological polar surface area (TPSA) is 74.8 Å². The van der Waals surface area contributed by atoms with Crippen molar-refractivity contribution in [1.82, 2.24) is 20.3 Å². The number of rotatable bonds is 7. The molecule has 39 heavy (non-hydrogen) atoms. The van der Waals surface area contributed by atoms with Crippen LogP contribution in [0.15, 0.2) is 90.6 Å².